The Labute approximate surface area is 98.3 Å². The van der Waals surface area contributed by atoms with Crippen LogP contribution in [0.15, 0.2) is 0 Å². The van der Waals surface area contributed by atoms with Crippen LogP contribution in [0.1, 0.15) is 40.5 Å². The molecule has 1 fully saturated rings. The summed E-state index contributed by atoms with van der Waals surface area (Å²) >= 11 is 0. The molecule has 0 aromatic heterocycles. The van der Waals surface area contributed by atoms with Crippen LogP contribution in [0.2, 0.25) is 0 Å². The Kier molecular flexibility index (Phi) is 3.84. The molecule has 0 spiro atoms. The van der Waals surface area contributed by atoms with Gasteiger partial charge in [-0.3, -0.25) is 0 Å². The van der Waals surface area contributed by atoms with Crippen LogP contribution in [0, 0.1) is 0 Å². The van der Waals surface area contributed by atoms with Gasteiger partial charge in [-0.15, -0.1) is 0 Å². The molecule has 0 aromatic rings. The number of hydrogen-bond donors (Lipinski definition) is 1. The van der Waals surface area contributed by atoms with Gasteiger partial charge in [-0.1, -0.05) is 6.92 Å². The number of carbonyl (C=O) groups is 1. The molecule has 4 nitrogen and oxygen atoms in total. The second-order valence-electron chi connectivity index (χ2n) is 5.54. The molecule has 1 rings (SSSR count). The zero-order valence-corrected chi connectivity index (χ0v) is 11.1. The standard InChI is InChI=1S/C12H24N2O2/c1-6-12(13-5)7-8-14(9-12)10(15)16-11(2,3)4/h13H,6-9H2,1-5H3. The molecule has 0 bridgehead atoms. The first-order chi connectivity index (χ1) is 7.32. The van der Waals surface area contributed by atoms with Crippen molar-refractivity contribution in [3.63, 3.8) is 0 Å². The van der Waals surface area contributed by atoms with Crippen LogP contribution in [0.5, 0.6) is 0 Å². The van der Waals surface area contributed by atoms with E-state index >= 15 is 0 Å². The first kappa shape index (κ1) is 13.3. The van der Waals surface area contributed by atoms with Gasteiger partial charge in [-0.05, 0) is 40.7 Å². The lowest BCUT2D eigenvalue weighted by molar-refractivity contribution is 0.0281. The summed E-state index contributed by atoms with van der Waals surface area (Å²) < 4.78 is 5.36. The number of hydrogen-bond acceptors (Lipinski definition) is 3. The van der Waals surface area contributed by atoms with Crippen LogP contribution in [-0.4, -0.2) is 42.3 Å². The van der Waals surface area contributed by atoms with E-state index < -0.39 is 5.60 Å². The molecule has 94 valence electrons. The van der Waals surface area contributed by atoms with Crippen LogP contribution >= 0.6 is 0 Å². The van der Waals surface area contributed by atoms with Gasteiger partial charge in [0.25, 0.3) is 0 Å². The highest BCUT2D eigenvalue weighted by atomic mass is 16.6. The Morgan fingerprint density at radius 2 is 2.12 bits per heavy atom. The number of amides is 1. The highest BCUT2D eigenvalue weighted by Gasteiger charge is 2.38. The van der Waals surface area contributed by atoms with E-state index in [-0.39, 0.29) is 11.6 Å². The molecular weight excluding hydrogens is 204 g/mol. The van der Waals surface area contributed by atoms with E-state index in [0.717, 1.165) is 25.9 Å². The van der Waals surface area contributed by atoms with Crippen LogP contribution in [-0.2, 0) is 4.74 Å². The normalized spacial score (nSPS) is 25.9. The Bertz CT molecular complexity index is 254. The van der Waals surface area contributed by atoms with E-state index in [1.165, 1.54) is 0 Å². The van der Waals surface area contributed by atoms with Gasteiger partial charge in [-0.25, -0.2) is 4.79 Å². The molecule has 1 aliphatic heterocycles. The van der Waals surface area contributed by atoms with Crippen molar-refractivity contribution in [3.05, 3.63) is 0 Å². The maximum Gasteiger partial charge on any atom is 0.410 e. The number of nitrogens with zero attached hydrogens (tertiary/aromatic N) is 1. The van der Waals surface area contributed by atoms with Crippen molar-refractivity contribution >= 4 is 6.09 Å². The van der Waals surface area contributed by atoms with E-state index in [4.69, 9.17) is 4.74 Å². The van der Waals surface area contributed by atoms with E-state index in [9.17, 15) is 4.79 Å². The van der Waals surface area contributed by atoms with E-state index in [1.54, 1.807) is 4.90 Å². The predicted molar refractivity (Wildman–Crippen MR) is 64.5 cm³/mol. The SMILES string of the molecule is CCC1(NC)CCN(C(=O)OC(C)(C)C)C1. The highest BCUT2D eigenvalue weighted by Crippen LogP contribution is 2.25. The maximum absolute atomic E-state index is 11.9. The monoisotopic (exact) mass is 228 g/mol. The molecule has 16 heavy (non-hydrogen) atoms. The van der Waals surface area contributed by atoms with Gasteiger partial charge < -0.3 is 15.0 Å². The van der Waals surface area contributed by atoms with Gasteiger partial charge in [0.05, 0.1) is 0 Å². The third-order valence-corrected chi connectivity index (χ3v) is 3.21. The number of rotatable bonds is 2. The summed E-state index contributed by atoms with van der Waals surface area (Å²) in [6, 6.07) is 0. The zero-order chi connectivity index (χ0) is 12.4. The minimum Gasteiger partial charge on any atom is -0.444 e. The van der Waals surface area contributed by atoms with Crippen LogP contribution in [0.25, 0.3) is 0 Å². The van der Waals surface area contributed by atoms with Crippen molar-refractivity contribution in [1.29, 1.82) is 0 Å². The van der Waals surface area contributed by atoms with Crippen molar-refractivity contribution < 1.29 is 9.53 Å². The van der Waals surface area contributed by atoms with Gasteiger partial charge in [0.2, 0.25) is 0 Å². The predicted octanol–water partition coefficient (Wildman–Crippen LogP) is 2.00. The molecule has 4 heteroatoms. The Morgan fingerprint density at radius 3 is 2.50 bits per heavy atom. The summed E-state index contributed by atoms with van der Waals surface area (Å²) in [5.74, 6) is 0. The van der Waals surface area contributed by atoms with Crippen molar-refractivity contribution in [3.8, 4) is 0 Å². The fourth-order valence-electron chi connectivity index (χ4n) is 2.02. The lowest BCUT2D eigenvalue weighted by Gasteiger charge is -2.28. The molecule has 1 saturated heterocycles. The minimum absolute atomic E-state index is 0.0803. The van der Waals surface area contributed by atoms with Crippen LogP contribution in [0.3, 0.4) is 0 Å². The van der Waals surface area contributed by atoms with E-state index in [0.29, 0.717) is 0 Å². The molecule has 1 heterocycles. The van der Waals surface area contributed by atoms with Crippen molar-refractivity contribution in [2.24, 2.45) is 0 Å². The number of ether oxygens (including phenoxy) is 1. The molecule has 0 aromatic carbocycles. The number of carbonyl (C=O) groups excluding carboxylic acids is 1. The Morgan fingerprint density at radius 1 is 1.50 bits per heavy atom. The second-order valence-corrected chi connectivity index (χ2v) is 5.54. The molecule has 1 unspecified atom stereocenters. The molecule has 1 atom stereocenters. The lowest BCUT2D eigenvalue weighted by atomic mass is 9.96. The summed E-state index contributed by atoms with van der Waals surface area (Å²) in [5, 5.41) is 3.33. The summed E-state index contributed by atoms with van der Waals surface area (Å²) in [7, 11) is 1.96. The number of likely N-dealkylation sites (tertiary alicyclic amines) is 1. The molecule has 0 radical (unpaired) electrons. The first-order valence-corrected chi connectivity index (χ1v) is 5.99. The van der Waals surface area contributed by atoms with Gasteiger partial charge >= 0.3 is 6.09 Å². The van der Waals surface area contributed by atoms with E-state index in [2.05, 4.69) is 12.2 Å². The largest absolute Gasteiger partial charge is 0.444 e. The van der Waals surface area contributed by atoms with Crippen molar-refractivity contribution in [1.82, 2.24) is 10.2 Å². The topological polar surface area (TPSA) is 41.6 Å². The van der Waals surface area contributed by atoms with Gasteiger partial charge in [-0.2, -0.15) is 0 Å². The van der Waals surface area contributed by atoms with Gasteiger partial charge in [0.15, 0.2) is 0 Å². The third-order valence-electron chi connectivity index (χ3n) is 3.21. The maximum atomic E-state index is 11.9. The van der Waals surface area contributed by atoms with Crippen LogP contribution in [0.4, 0.5) is 4.79 Å². The Hall–Kier alpha value is -0.770. The lowest BCUT2D eigenvalue weighted by Crippen LogP contribution is -2.46. The zero-order valence-electron chi connectivity index (χ0n) is 11.1. The summed E-state index contributed by atoms with van der Waals surface area (Å²) in [6.45, 7) is 9.36. The summed E-state index contributed by atoms with van der Waals surface area (Å²) in [4.78, 5) is 13.7. The fourth-order valence-corrected chi connectivity index (χ4v) is 2.02. The minimum atomic E-state index is -0.409. The third kappa shape index (κ3) is 3.11. The summed E-state index contributed by atoms with van der Waals surface area (Å²) in [6.07, 6.45) is 1.83. The van der Waals surface area contributed by atoms with Crippen molar-refractivity contribution in [2.45, 2.75) is 51.7 Å². The Balaban J connectivity index is 2.56. The van der Waals surface area contributed by atoms with Crippen LogP contribution < -0.4 is 5.32 Å². The number of nitrogens with one attached hydrogen (secondary N) is 1. The average Bonchev–Trinajstić information content (AvgIpc) is 2.60. The number of likely N-dealkylation sites (N-methyl/N-ethyl adjacent to an activating group) is 1. The smallest absolute Gasteiger partial charge is 0.410 e. The molecule has 0 saturated carbocycles. The van der Waals surface area contributed by atoms with Crippen molar-refractivity contribution in [2.75, 3.05) is 20.1 Å². The quantitative estimate of drug-likeness (QED) is 0.786. The first-order valence-electron chi connectivity index (χ1n) is 5.99. The van der Waals surface area contributed by atoms with E-state index in [1.807, 2.05) is 27.8 Å². The average molecular weight is 228 g/mol. The molecule has 0 aliphatic carbocycles. The molecule has 1 N–H and O–H groups in total. The molecule has 1 amide bonds. The fraction of sp³-hybridized carbons (Fsp3) is 0.917. The van der Waals surface area contributed by atoms with Gasteiger partial charge in [0.1, 0.15) is 5.60 Å². The van der Waals surface area contributed by atoms with Gasteiger partial charge in [0, 0.05) is 18.6 Å². The summed E-state index contributed by atoms with van der Waals surface area (Å²) in [5.41, 5.74) is -0.328. The molecule has 1 aliphatic rings. The second kappa shape index (κ2) is 4.62. The highest BCUT2D eigenvalue weighted by molar-refractivity contribution is 5.68. The molecular formula is C12H24N2O2.